The Kier molecular flexibility index (Phi) is 4.96. The summed E-state index contributed by atoms with van der Waals surface area (Å²) >= 11 is 0. The van der Waals surface area contributed by atoms with Gasteiger partial charge in [-0.25, -0.2) is 0 Å². The van der Waals surface area contributed by atoms with Crippen molar-refractivity contribution in [1.82, 2.24) is 10.2 Å². The molecule has 1 aliphatic carbocycles. The van der Waals surface area contributed by atoms with Gasteiger partial charge in [-0.05, 0) is 37.3 Å². The molecule has 0 radical (unpaired) electrons. The van der Waals surface area contributed by atoms with Crippen LogP contribution in [0.15, 0.2) is 30.3 Å². The molecule has 1 heterocycles. The maximum absolute atomic E-state index is 13.0. The molecule has 1 aliphatic heterocycles. The van der Waals surface area contributed by atoms with E-state index in [2.05, 4.69) is 5.32 Å². The highest BCUT2D eigenvalue weighted by Crippen LogP contribution is 2.40. The number of likely N-dealkylation sites (tertiary alicyclic amines) is 1. The van der Waals surface area contributed by atoms with Crippen molar-refractivity contribution in [2.75, 3.05) is 13.2 Å². The summed E-state index contributed by atoms with van der Waals surface area (Å²) in [7, 11) is 0. The van der Waals surface area contributed by atoms with Crippen LogP contribution in [0.1, 0.15) is 42.5 Å². The molecule has 1 aromatic rings. The molecule has 2 N–H and O–H groups in total. The second kappa shape index (κ2) is 7.13. The Morgan fingerprint density at radius 2 is 1.91 bits per heavy atom. The van der Waals surface area contributed by atoms with Crippen LogP contribution in [0.3, 0.4) is 0 Å². The molecule has 0 aromatic heterocycles. The minimum atomic E-state index is -0.414. The minimum absolute atomic E-state index is 0.0517. The van der Waals surface area contributed by atoms with Gasteiger partial charge in [0.15, 0.2) is 0 Å². The predicted octanol–water partition coefficient (Wildman–Crippen LogP) is 1.57. The van der Waals surface area contributed by atoms with E-state index in [1.165, 1.54) is 6.42 Å². The Labute approximate surface area is 136 Å². The van der Waals surface area contributed by atoms with Gasteiger partial charge in [-0.2, -0.15) is 0 Å². The van der Waals surface area contributed by atoms with Gasteiger partial charge in [-0.1, -0.05) is 31.0 Å². The molecular formula is C18H24N2O3. The largest absolute Gasteiger partial charge is 0.395 e. The van der Waals surface area contributed by atoms with Crippen LogP contribution in [-0.4, -0.2) is 47.1 Å². The molecule has 3 atom stereocenters. The quantitative estimate of drug-likeness (QED) is 0.886. The Morgan fingerprint density at radius 3 is 2.65 bits per heavy atom. The zero-order valence-corrected chi connectivity index (χ0v) is 13.3. The summed E-state index contributed by atoms with van der Waals surface area (Å²) in [6, 6.07) is 8.95. The first-order valence-electron chi connectivity index (χ1n) is 8.48. The first kappa shape index (κ1) is 16.0. The van der Waals surface area contributed by atoms with E-state index in [1.807, 2.05) is 23.1 Å². The first-order chi connectivity index (χ1) is 11.2. The van der Waals surface area contributed by atoms with Gasteiger partial charge >= 0.3 is 0 Å². The zero-order valence-electron chi connectivity index (χ0n) is 13.3. The van der Waals surface area contributed by atoms with Gasteiger partial charge in [0.2, 0.25) is 5.91 Å². The number of carbonyl (C=O) groups excluding carboxylic acids is 2. The second-order valence-electron chi connectivity index (χ2n) is 6.46. The molecule has 0 bridgehead atoms. The Bertz CT molecular complexity index is 561. The van der Waals surface area contributed by atoms with Gasteiger partial charge in [-0.15, -0.1) is 0 Å². The van der Waals surface area contributed by atoms with Crippen molar-refractivity contribution in [2.24, 2.45) is 5.92 Å². The smallest absolute Gasteiger partial charge is 0.254 e. The summed E-state index contributed by atoms with van der Waals surface area (Å²) in [5.41, 5.74) is 0.638. The number of nitrogens with zero attached hydrogens (tertiary/aromatic N) is 1. The molecule has 3 rings (SSSR count). The molecular weight excluding hydrogens is 292 g/mol. The molecule has 5 heteroatoms. The molecule has 2 fully saturated rings. The number of fused-ring (bicyclic) bond motifs is 1. The van der Waals surface area contributed by atoms with Gasteiger partial charge in [0, 0.05) is 18.2 Å². The molecule has 23 heavy (non-hydrogen) atoms. The summed E-state index contributed by atoms with van der Waals surface area (Å²) in [6.07, 6.45) is 5.10. The van der Waals surface area contributed by atoms with Gasteiger partial charge in [0.25, 0.3) is 5.91 Å². The van der Waals surface area contributed by atoms with E-state index in [0.717, 1.165) is 25.7 Å². The van der Waals surface area contributed by atoms with Crippen LogP contribution in [0.4, 0.5) is 0 Å². The summed E-state index contributed by atoms with van der Waals surface area (Å²) in [6.45, 7) is 0.149. The van der Waals surface area contributed by atoms with Gasteiger partial charge < -0.3 is 15.3 Å². The maximum Gasteiger partial charge on any atom is 0.254 e. The van der Waals surface area contributed by atoms with Crippen LogP contribution >= 0.6 is 0 Å². The topological polar surface area (TPSA) is 69.6 Å². The maximum atomic E-state index is 13.0. The lowest BCUT2D eigenvalue weighted by Gasteiger charge is -2.33. The lowest BCUT2D eigenvalue weighted by atomic mass is 9.84. The number of aliphatic hydroxyl groups is 1. The Hall–Kier alpha value is -1.88. The Morgan fingerprint density at radius 1 is 1.17 bits per heavy atom. The third-order valence-corrected chi connectivity index (χ3v) is 5.06. The van der Waals surface area contributed by atoms with E-state index < -0.39 is 6.04 Å². The SMILES string of the molecule is O=C(NCCO)C1CC2CCCCC2N1C(=O)c1ccccc1. The molecule has 5 nitrogen and oxygen atoms in total. The fourth-order valence-corrected chi connectivity index (χ4v) is 4.01. The molecule has 2 amide bonds. The van der Waals surface area contributed by atoms with Crippen molar-refractivity contribution >= 4 is 11.8 Å². The molecule has 1 aromatic carbocycles. The number of hydrogen-bond donors (Lipinski definition) is 2. The summed E-state index contributed by atoms with van der Waals surface area (Å²) in [4.78, 5) is 27.3. The first-order valence-corrected chi connectivity index (χ1v) is 8.48. The van der Waals surface area contributed by atoms with Gasteiger partial charge in [0.05, 0.1) is 6.61 Å². The van der Waals surface area contributed by atoms with Crippen molar-refractivity contribution in [3.8, 4) is 0 Å². The highest BCUT2D eigenvalue weighted by atomic mass is 16.3. The number of benzene rings is 1. The average Bonchev–Trinajstić information content (AvgIpc) is 2.99. The molecule has 3 unspecified atom stereocenters. The number of rotatable bonds is 4. The van der Waals surface area contributed by atoms with Crippen LogP contribution in [-0.2, 0) is 4.79 Å². The molecule has 2 aliphatic rings. The van der Waals surface area contributed by atoms with E-state index >= 15 is 0 Å². The van der Waals surface area contributed by atoms with E-state index in [-0.39, 0.29) is 31.0 Å². The van der Waals surface area contributed by atoms with E-state index in [0.29, 0.717) is 11.5 Å². The van der Waals surface area contributed by atoms with Crippen LogP contribution in [0.2, 0.25) is 0 Å². The van der Waals surface area contributed by atoms with Crippen molar-refractivity contribution in [3.63, 3.8) is 0 Å². The third kappa shape index (κ3) is 3.24. The fourth-order valence-electron chi connectivity index (χ4n) is 4.01. The normalized spacial score (nSPS) is 26.7. The molecule has 1 saturated carbocycles. The van der Waals surface area contributed by atoms with Crippen molar-refractivity contribution in [3.05, 3.63) is 35.9 Å². The molecule has 124 valence electrons. The van der Waals surface area contributed by atoms with Crippen LogP contribution in [0.25, 0.3) is 0 Å². The molecule has 0 spiro atoms. The average molecular weight is 316 g/mol. The van der Waals surface area contributed by atoms with Crippen LogP contribution < -0.4 is 5.32 Å². The monoisotopic (exact) mass is 316 g/mol. The number of aliphatic hydroxyl groups excluding tert-OH is 1. The highest BCUT2D eigenvalue weighted by molar-refractivity contribution is 5.98. The highest BCUT2D eigenvalue weighted by Gasteiger charge is 2.47. The van der Waals surface area contributed by atoms with Crippen LogP contribution in [0.5, 0.6) is 0 Å². The number of nitrogens with one attached hydrogen (secondary N) is 1. The lowest BCUT2D eigenvalue weighted by Crippen LogP contribution is -2.50. The van der Waals surface area contributed by atoms with E-state index in [1.54, 1.807) is 12.1 Å². The van der Waals surface area contributed by atoms with Gasteiger partial charge in [-0.3, -0.25) is 9.59 Å². The standard InChI is InChI=1S/C18H24N2O3/c21-11-10-19-17(22)16-12-14-8-4-5-9-15(14)20(16)18(23)13-6-2-1-3-7-13/h1-3,6-7,14-16,21H,4-5,8-12H2,(H,19,22). The summed E-state index contributed by atoms with van der Waals surface area (Å²) < 4.78 is 0. The van der Waals surface area contributed by atoms with E-state index in [4.69, 9.17) is 5.11 Å². The minimum Gasteiger partial charge on any atom is -0.395 e. The summed E-state index contributed by atoms with van der Waals surface area (Å²) in [5, 5.41) is 11.7. The van der Waals surface area contributed by atoms with Crippen LogP contribution in [0, 0.1) is 5.92 Å². The van der Waals surface area contributed by atoms with E-state index in [9.17, 15) is 9.59 Å². The number of carbonyl (C=O) groups is 2. The number of hydrogen-bond acceptors (Lipinski definition) is 3. The lowest BCUT2D eigenvalue weighted by molar-refractivity contribution is -0.125. The number of amides is 2. The fraction of sp³-hybridized carbons (Fsp3) is 0.556. The van der Waals surface area contributed by atoms with Crippen molar-refractivity contribution in [2.45, 2.75) is 44.2 Å². The zero-order chi connectivity index (χ0) is 16.2. The predicted molar refractivity (Wildman–Crippen MR) is 86.9 cm³/mol. The summed E-state index contributed by atoms with van der Waals surface area (Å²) in [5.74, 6) is 0.225. The Balaban J connectivity index is 1.85. The third-order valence-electron chi connectivity index (χ3n) is 5.06. The van der Waals surface area contributed by atoms with Crippen molar-refractivity contribution in [1.29, 1.82) is 0 Å². The second-order valence-corrected chi connectivity index (χ2v) is 6.46. The van der Waals surface area contributed by atoms with Gasteiger partial charge in [0.1, 0.15) is 6.04 Å². The molecule has 1 saturated heterocycles. The van der Waals surface area contributed by atoms with Crippen molar-refractivity contribution < 1.29 is 14.7 Å².